The third-order valence-electron chi connectivity index (χ3n) is 2.27. The van der Waals surface area contributed by atoms with Gasteiger partial charge >= 0.3 is 0 Å². The highest BCUT2D eigenvalue weighted by Gasteiger charge is 2.37. The molecular formula is C8H11NO10S3. The van der Waals surface area contributed by atoms with Crippen molar-refractivity contribution in [3.8, 4) is 5.75 Å². The molecule has 0 fully saturated rings. The van der Waals surface area contributed by atoms with Gasteiger partial charge in [0.15, 0.2) is 10.6 Å². The van der Waals surface area contributed by atoms with E-state index < -0.39 is 56.5 Å². The second kappa shape index (κ2) is 5.64. The van der Waals surface area contributed by atoms with Gasteiger partial charge in [0, 0.05) is 0 Å². The zero-order valence-corrected chi connectivity index (χ0v) is 13.2. The lowest BCUT2D eigenvalue weighted by molar-refractivity contribution is 0.327. The molecule has 0 aliphatic carbocycles. The Bertz CT molecular complexity index is 913. The van der Waals surface area contributed by atoms with Gasteiger partial charge in [0.1, 0.15) is 9.79 Å². The molecule has 0 unspecified atom stereocenters. The molecule has 0 aliphatic heterocycles. The van der Waals surface area contributed by atoms with Crippen molar-refractivity contribution in [2.75, 3.05) is 12.3 Å². The van der Waals surface area contributed by atoms with Crippen LogP contribution in [0.5, 0.6) is 5.75 Å². The Labute approximate surface area is 126 Å². The van der Waals surface area contributed by atoms with E-state index in [9.17, 15) is 25.3 Å². The Balaban J connectivity index is 4.28. The summed E-state index contributed by atoms with van der Waals surface area (Å²) in [5.41, 5.74) is 4.66. The maximum Gasteiger partial charge on any atom is 0.299 e. The van der Waals surface area contributed by atoms with Gasteiger partial charge in [-0.05, 0) is 13.0 Å². The molecule has 0 aliphatic rings. The largest absolute Gasteiger partial charge is 0.490 e. The lowest BCUT2D eigenvalue weighted by Crippen LogP contribution is -2.17. The number of nitrogen functional groups attached to an aromatic ring is 1. The molecule has 1 aromatic carbocycles. The van der Waals surface area contributed by atoms with Crippen LogP contribution in [0.2, 0.25) is 0 Å². The second-order valence-electron chi connectivity index (χ2n) is 3.81. The standard InChI is InChI=1S/C8H11NO10S3/c1-2-19-6-4(9)3-5(20(10,11)12)7(21(13,14)15)8(6)22(16,17)18/h3H,2,9H2,1H3,(H,10,11,12)(H,13,14,15)(H,16,17,18). The van der Waals surface area contributed by atoms with E-state index in [4.69, 9.17) is 24.1 Å². The summed E-state index contributed by atoms with van der Waals surface area (Å²) >= 11 is 0. The van der Waals surface area contributed by atoms with Gasteiger partial charge in [-0.25, -0.2) is 0 Å². The molecule has 0 radical (unpaired) electrons. The summed E-state index contributed by atoms with van der Waals surface area (Å²) in [5, 5.41) is 0. The summed E-state index contributed by atoms with van der Waals surface area (Å²) in [7, 11) is -16.2. The first-order chi connectivity index (χ1) is 9.71. The van der Waals surface area contributed by atoms with Crippen molar-refractivity contribution in [3.05, 3.63) is 6.07 Å². The first-order valence-corrected chi connectivity index (χ1v) is 9.55. The van der Waals surface area contributed by atoms with Crippen LogP contribution in [0.15, 0.2) is 20.8 Å². The number of benzene rings is 1. The van der Waals surface area contributed by atoms with E-state index >= 15 is 0 Å². The van der Waals surface area contributed by atoms with Crippen LogP contribution in [0.25, 0.3) is 0 Å². The van der Waals surface area contributed by atoms with E-state index in [1.807, 2.05) is 0 Å². The lowest BCUT2D eigenvalue weighted by Gasteiger charge is -2.16. The molecule has 0 saturated carbocycles. The van der Waals surface area contributed by atoms with E-state index in [0.29, 0.717) is 6.07 Å². The monoisotopic (exact) mass is 377 g/mol. The zero-order chi connectivity index (χ0) is 17.5. The van der Waals surface area contributed by atoms with E-state index in [1.54, 1.807) is 0 Å². The molecule has 0 amide bonds. The highest BCUT2D eigenvalue weighted by molar-refractivity contribution is 7.90. The fraction of sp³-hybridized carbons (Fsp3) is 0.250. The minimum absolute atomic E-state index is 0.233. The molecule has 5 N–H and O–H groups in total. The number of hydrogen-bond donors (Lipinski definition) is 4. The van der Waals surface area contributed by atoms with Gasteiger partial charge < -0.3 is 10.5 Å². The van der Waals surface area contributed by atoms with Gasteiger partial charge in [-0.2, -0.15) is 25.3 Å². The molecule has 126 valence electrons. The first-order valence-electron chi connectivity index (χ1n) is 5.23. The molecule has 14 heteroatoms. The van der Waals surface area contributed by atoms with Crippen LogP contribution >= 0.6 is 0 Å². The molecule has 1 aromatic rings. The van der Waals surface area contributed by atoms with Crippen LogP contribution in [0.4, 0.5) is 5.69 Å². The smallest absolute Gasteiger partial charge is 0.299 e. The van der Waals surface area contributed by atoms with Gasteiger partial charge in [0.2, 0.25) is 0 Å². The van der Waals surface area contributed by atoms with Crippen molar-refractivity contribution in [1.29, 1.82) is 0 Å². The van der Waals surface area contributed by atoms with Gasteiger partial charge in [0.25, 0.3) is 30.4 Å². The lowest BCUT2D eigenvalue weighted by atomic mass is 10.3. The maximum atomic E-state index is 11.4. The predicted octanol–water partition coefficient (Wildman–Crippen LogP) is -0.592. The molecule has 22 heavy (non-hydrogen) atoms. The summed E-state index contributed by atoms with van der Waals surface area (Å²) in [6.07, 6.45) is 0. The van der Waals surface area contributed by atoms with E-state index in [-0.39, 0.29) is 6.61 Å². The summed E-state index contributed by atoms with van der Waals surface area (Å²) < 4.78 is 99.9. The first kappa shape index (κ1) is 18.6. The van der Waals surface area contributed by atoms with Crippen LogP contribution < -0.4 is 10.5 Å². The van der Waals surface area contributed by atoms with Gasteiger partial charge in [-0.3, -0.25) is 13.7 Å². The van der Waals surface area contributed by atoms with E-state index in [0.717, 1.165) is 0 Å². The number of nitrogens with two attached hydrogens (primary N) is 1. The summed E-state index contributed by atoms with van der Waals surface area (Å²) in [4.78, 5) is -4.89. The van der Waals surface area contributed by atoms with Crippen LogP contribution in [0.1, 0.15) is 6.92 Å². The molecule has 11 nitrogen and oxygen atoms in total. The second-order valence-corrected chi connectivity index (χ2v) is 7.92. The summed E-state index contributed by atoms with van der Waals surface area (Å²) in [6.45, 7) is 1.12. The van der Waals surface area contributed by atoms with E-state index in [1.165, 1.54) is 6.92 Å². The number of hydrogen-bond acceptors (Lipinski definition) is 8. The van der Waals surface area contributed by atoms with Crippen molar-refractivity contribution < 1.29 is 43.6 Å². The molecule has 0 saturated heterocycles. The van der Waals surface area contributed by atoms with Crippen LogP contribution in [-0.2, 0) is 30.4 Å². The molecule has 0 atom stereocenters. The minimum atomic E-state index is -5.50. The molecule has 0 bridgehead atoms. The summed E-state index contributed by atoms with van der Waals surface area (Å²) in [6, 6.07) is 0.373. The Kier molecular flexibility index (Phi) is 4.76. The van der Waals surface area contributed by atoms with Crippen molar-refractivity contribution in [1.82, 2.24) is 0 Å². The van der Waals surface area contributed by atoms with E-state index in [2.05, 4.69) is 0 Å². The third-order valence-corrected chi connectivity index (χ3v) is 5.25. The highest BCUT2D eigenvalue weighted by Crippen LogP contribution is 2.40. The van der Waals surface area contributed by atoms with Gasteiger partial charge in [-0.1, -0.05) is 0 Å². The van der Waals surface area contributed by atoms with Gasteiger partial charge in [-0.15, -0.1) is 0 Å². The van der Waals surface area contributed by atoms with Crippen molar-refractivity contribution in [3.63, 3.8) is 0 Å². The Hall–Kier alpha value is -1.45. The van der Waals surface area contributed by atoms with Crippen molar-refractivity contribution in [2.45, 2.75) is 21.6 Å². The zero-order valence-electron chi connectivity index (χ0n) is 10.8. The molecule has 0 spiro atoms. The highest BCUT2D eigenvalue weighted by atomic mass is 32.2. The van der Waals surface area contributed by atoms with Crippen LogP contribution in [-0.4, -0.2) is 45.5 Å². The number of rotatable bonds is 5. The van der Waals surface area contributed by atoms with Crippen LogP contribution in [0, 0.1) is 0 Å². The number of ether oxygens (including phenoxy) is 1. The SMILES string of the molecule is CCOc1c(N)cc(S(=O)(=O)O)c(S(=O)(=O)O)c1S(=O)(=O)O. The average Bonchev–Trinajstić information content (AvgIpc) is 2.26. The number of anilines is 1. The molecular weight excluding hydrogens is 366 g/mol. The third kappa shape index (κ3) is 3.65. The fourth-order valence-corrected chi connectivity index (χ4v) is 4.92. The van der Waals surface area contributed by atoms with Crippen molar-refractivity contribution >= 4 is 36.0 Å². The minimum Gasteiger partial charge on any atom is -0.490 e. The Morgan fingerprint density at radius 3 is 1.73 bits per heavy atom. The van der Waals surface area contributed by atoms with Crippen molar-refractivity contribution in [2.24, 2.45) is 0 Å². The van der Waals surface area contributed by atoms with Gasteiger partial charge in [0.05, 0.1) is 12.3 Å². The quantitative estimate of drug-likeness (QED) is 0.377. The average molecular weight is 377 g/mol. The predicted molar refractivity (Wildman–Crippen MR) is 71.5 cm³/mol. The molecule has 1 rings (SSSR count). The maximum absolute atomic E-state index is 11.4. The topological polar surface area (TPSA) is 198 Å². The Morgan fingerprint density at radius 1 is 0.955 bits per heavy atom. The normalized spacial score (nSPS) is 13.1. The fourth-order valence-electron chi connectivity index (χ4n) is 1.58. The molecule has 0 aromatic heterocycles. The Morgan fingerprint density at radius 2 is 1.41 bits per heavy atom. The van der Waals surface area contributed by atoms with Crippen LogP contribution in [0.3, 0.4) is 0 Å². The molecule has 0 heterocycles. The summed E-state index contributed by atoms with van der Waals surface area (Å²) in [5.74, 6) is -0.884.